The van der Waals surface area contributed by atoms with Crippen molar-refractivity contribution < 1.29 is 9.18 Å². The molecule has 26 heavy (non-hydrogen) atoms. The van der Waals surface area contributed by atoms with Crippen molar-refractivity contribution in [2.75, 3.05) is 31.1 Å². The maximum atomic E-state index is 13.0. The Morgan fingerprint density at radius 1 is 1.12 bits per heavy atom. The quantitative estimate of drug-likeness (QED) is 0.770. The zero-order valence-electron chi connectivity index (χ0n) is 14.9. The van der Waals surface area contributed by atoms with E-state index in [1.165, 1.54) is 17.8 Å². The smallest absolute Gasteiger partial charge is 0.256 e. The van der Waals surface area contributed by atoms with Crippen LogP contribution >= 0.6 is 0 Å². The van der Waals surface area contributed by atoms with E-state index >= 15 is 0 Å². The van der Waals surface area contributed by atoms with Gasteiger partial charge in [0.05, 0.1) is 17.3 Å². The molecule has 2 aromatic heterocycles. The Labute approximate surface area is 151 Å². The molecule has 0 unspecified atom stereocenters. The number of rotatable bonds is 2. The van der Waals surface area contributed by atoms with Gasteiger partial charge in [0, 0.05) is 37.3 Å². The summed E-state index contributed by atoms with van der Waals surface area (Å²) in [6.07, 6.45) is 1.23. The molecule has 3 aromatic rings. The van der Waals surface area contributed by atoms with Gasteiger partial charge in [-0.05, 0) is 37.6 Å². The lowest BCUT2D eigenvalue weighted by Crippen LogP contribution is -2.49. The molecule has 0 spiro atoms. The Bertz CT molecular complexity index is 956. The number of carbonyl (C=O) groups excluding carboxylic acids is 1. The van der Waals surface area contributed by atoms with Gasteiger partial charge >= 0.3 is 0 Å². The molecule has 0 saturated carbocycles. The van der Waals surface area contributed by atoms with Crippen molar-refractivity contribution in [2.45, 2.75) is 13.8 Å². The molecule has 4 rings (SSSR count). The Kier molecular flexibility index (Phi) is 4.11. The number of H-pyrrole nitrogens is 1. The van der Waals surface area contributed by atoms with Crippen LogP contribution in [0.1, 0.15) is 21.6 Å². The van der Waals surface area contributed by atoms with Gasteiger partial charge in [0.25, 0.3) is 5.91 Å². The van der Waals surface area contributed by atoms with Crippen LogP contribution in [0.3, 0.4) is 0 Å². The molecule has 5 nitrogen and oxygen atoms in total. The zero-order chi connectivity index (χ0) is 18.3. The number of nitrogens with one attached hydrogen (secondary N) is 1. The second-order valence-corrected chi connectivity index (χ2v) is 6.72. The topological polar surface area (TPSA) is 52.2 Å². The molecule has 6 heteroatoms. The number of pyridine rings is 1. The minimum atomic E-state index is -0.341. The third-order valence-electron chi connectivity index (χ3n) is 5.18. The number of carbonyl (C=O) groups is 1. The molecule has 0 atom stereocenters. The molecule has 1 aliphatic rings. The molecule has 1 aliphatic heterocycles. The van der Waals surface area contributed by atoms with Gasteiger partial charge in [0.1, 0.15) is 11.6 Å². The van der Waals surface area contributed by atoms with Crippen LogP contribution in [0.2, 0.25) is 0 Å². The van der Waals surface area contributed by atoms with E-state index in [0.29, 0.717) is 31.7 Å². The van der Waals surface area contributed by atoms with Crippen molar-refractivity contribution in [3.8, 4) is 0 Å². The Balaban J connectivity index is 1.52. The first-order valence-corrected chi connectivity index (χ1v) is 8.78. The van der Waals surface area contributed by atoms with Gasteiger partial charge in [0.15, 0.2) is 0 Å². The van der Waals surface area contributed by atoms with E-state index in [1.807, 2.05) is 30.0 Å². The molecule has 1 aromatic carbocycles. The number of piperazine rings is 1. The van der Waals surface area contributed by atoms with Crippen molar-refractivity contribution in [2.24, 2.45) is 0 Å². The summed E-state index contributed by atoms with van der Waals surface area (Å²) in [6.45, 7) is 6.70. The lowest BCUT2D eigenvalue weighted by Gasteiger charge is -2.35. The van der Waals surface area contributed by atoms with Gasteiger partial charge in [-0.1, -0.05) is 12.1 Å². The highest BCUT2D eigenvalue weighted by atomic mass is 19.1. The van der Waals surface area contributed by atoms with Crippen LogP contribution < -0.4 is 4.90 Å². The second kappa shape index (κ2) is 6.44. The van der Waals surface area contributed by atoms with Crippen LogP contribution in [0, 0.1) is 19.7 Å². The molecular weight excluding hydrogens is 331 g/mol. The van der Waals surface area contributed by atoms with Crippen LogP contribution in [0.15, 0.2) is 36.5 Å². The van der Waals surface area contributed by atoms with E-state index in [1.54, 1.807) is 6.07 Å². The van der Waals surface area contributed by atoms with E-state index in [-0.39, 0.29) is 11.7 Å². The standard InChI is InChI=1S/C20H21FN4O/c1-13-14(2)23-19-16(13)4-3-5-17(19)20(26)25-10-8-24(9-11-25)18-7-6-15(21)12-22-18/h3-7,12,23H,8-11H2,1-2H3. The fourth-order valence-electron chi connectivity index (χ4n) is 3.53. The first-order chi connectivity index (χ1) is 12.5. The third-order valence-corrected chi connectivity index (χ3v) is 5.18. The Morgan fingerprint density at radius 2 is 1.88 bits per heavy atom. The van der Waals surface area contributed by atoms with Crippen molar-refractivity contribution in [3.05, 3.63) is 59.2 Å². The summed E-state index contributed by atoms with van der Waals surface area (Å²) < 4.78 is 13.0. The molecule has 1 amide bonds. The summed E-state index contributed by atoms with van der Waals surface area (Å²) in [5.74, 6) is 0.451. The highest BCUT2D eigenvalue weighted by Crippen LogP contribution is 2.25. The number of para-hydroxylation sites is 1. The normalized spacial score (nSPS) is 14.9. The molecule has 0 radical (unpaired) electrons. The molecule has 3 heterocycles. The summed E-state index contributed by atoms with van der Waals surface area (Å²) in [5, 5.41) is 1.10. The highest BCUT2D eigenvalue weighted by molar-refractivity contribution is 6.06. The molecular formula is C20H21FN4O. The van der Waals surface area contributed by atoms with E-state index < -0.39 is 0 Å². The van der Waals surface area contributed by atoms with Crippen LogP contribution in [-0.4, -0.2) is 47.0 Å². The second-order valence-electron chi connectivity index (χ2n) is 6.72. The minimum absolute atomic E-state index is 0.0450. The lowest BCUT2D eigenvalue weighted by atomic mass is 10.1. The Hall–Kier alpha value is -2.89. The minimum Gasteiger partial charge on any atom is -0.358 e. The molecule has 0 aliphatic carbocycles. The number of amides is 1. The number of aromatic nitrogens is 2. The fourth-order valence-corrected chi connectivity index (χ4v) is 3.53. The van der Waals surface area contributed by atoms with Crippen LogP contribution in [0.5, 0.6) is 0 Å². The summed E-state index contributed by atoms with van der Waals surface area (Å²) in [4.78, 5) is 24.5. The molecule has 1 N–H and O–H groups in total. The number of aromatic amines is 1. The third kappa shape index (κ3) is 2.81. The number of hydrogen-bond donors (Lipinski definition) is 1. The zero-order valence-corrected chi connectivity index (χ0v) is 14.9. The van der Waals surface area contributed by atoms with Gasteiger partial charge in [0.2, 0.25) is 0 Å². The average Bonchev–Trinajstić information content (AvgIpc) is 2.96. The summed E-state index contributed by atoms with van der Waals surface area (Å²) in [7, 11) is 0. The summed E-state index contributed by atoms with van der Waals surface area (Å²) in [5.41, 5.74) is 3.90. The fraction of sp³-hybridized carbons (Fsp3) is 0.300. The lowest BCUT2D eigenvalue weighted by molar-refractivity contribution is 0.0748. The van der Waals surface area contributed by atoms with Crippen LogP contribution in [0.25, 0.3) is 10.9 Å². The maximum Gasteiger partial charge on any atom is 0.256 e. The number of nitrogens with zero attached hydrogens (tertiary/aromatic N) is 3. The molecule has 0 bridgehead atoms. The number of halogens is 1. The Morgan fingerprint density at radius 3 is 2.58 bits per heavy atom. The predicted octanol–water partition coefficient (Wildman–Crippen LogP) is 3.28. The van der Waals surface area contributed by atoms with E-state index in [4.69, 9.17) is 0 Å². The van der Waals surface area contributed by atoms with Crippen molar-refractivity contribution >= 4 is 22.6 Å². The molecule has 1 fully saturated rings. The van der Waals surface area contributed by atoms with Crippen molar-refractivity contribution in [1.29, 1.82) is 0 Å². The number of fused-ring (bicyclic) bond motifs is 1. The number of benzene rings is 1. The first-order valence-electron chi connectivity index (χ1n) is 8.78. The van der Waals surface area contributed by atoms with Crippen molar-refractivity contribution in [1.82, 2.24) is 14.9 Å². The van der Waals surface area contributed by atoms with Gasteiger partial charge in [-0.3, -0.25) is 4.79 Å². The van der Waals surface area contributed by atoms with E-state index in [2.05, 4.69) is 21.8 Å². The van der Waals surface area contributed by atoms with Gasteiger partial charge < -0.3 is 14.8 Å². The number of anilines is 1. The van der Waals surface area contributed by atoms with Gasteiger partial charge in [-0.15, -0.1) is 0 Å². The average molecular weight is 352 g/mol. The first kappa shape index (κ1) is 16.6. The van der Waals surface area contributed by atoms with Crippen LogP contribution in [-0.2, 0) is 0 Å². The molecule has 134 valence electrons. The van der Waals surface area contributed by atoms with Gasteiger partial charge in [-0.25, -0.2) is 9.37 Å². The van der Waals surface area contributed by atoms with E-state index in [0.717, 1.165) is 22.4 Å². The number of aryl methyl sites for hydroxylation is 2. The molecule has 1 saturated heterocycles. The monoisotopic (exact) mass is 352 g/mol. The summed E-state index contributed by atoms with van der Waals surface area (Å²) in [6, 6.07) is 8.96. The largest absolute Gasteiger partial charge is 0.358 e. The van der Waals surface area contributed by atoms with E-state index in [9.17, 15) is 9.18 Å². The summed E-state index contributed by atoms with van der Waals surface area (Å²) >= 11 is 0. The van der Waals surface area contributed by atoms with Crippen LogP contribution in [0.4, 0.5) is 10.2 Å². The van der Waals surface area contributed by atoms with Gasteiger partial charge in [-0.2, -0.15) is 0 Å². The maximum absolute atomic E-state index is 13.0. The van der Waals surface area contributed by atoms with Crippen molar-refractivity contribution in [3.63, 3.8) is 0 Å². The predicted molar refractivity (Wildman–Crippen MR) is 100 cm³/mol. The number of hydrogen-bond acceptors (Lipinski definition) is 3. The SMILES string of the molecule is Cc1[nH]c2c(C(=O)N3CCN(c4ccc(F)cn4)CC3)cccc2c1C. The highest BCUT2D eigenvalue weighted by Gasteiger charge is 2.24.